The molecule has 0 aliphatic heterocycles. The molecule has 0 unspecified atom stereocenters. The van der Waals surface area contributed by atoms with Crippen LogP contribution in [0, 0.1) is 5.82 Å². The summed E-state index contributed by atoms with van der Waals surface area (Å²) < 4.78 is 60.0. The third kappa shape index (κ3) is 4.51. The normalized spacial score (nSPS) is 11.4. The minimum atomic E-state index is -4.64. The summed E-state index contributed by atoms with van der Waals surface area (Å²) in [6.45, 7) is 2.09. The largest absolute Gasteiger partial charge is 0.460 e. The average Bonchev–Trinajstić information content (AvgIpc) is 2.33. The molecule has 1 rings (SSSR count). The fraction of sp³-hybridized carbons (Fsp3) is 0.417. The lowest BCUT2D eigenvalue weighted by atomic mass is 10.1. The molecule has 0 radical (unpaired) electrons. The number of hydrogen-bond donors (Lipinski definition) is 0. The van der Waals surface area contributed by atoms with Crippen molar-refractivity contribution in [2.75, 3.05) is 19.8 Å². The van der Waals surface area contributed by atoms with Crippen LogP contribution in [0.5, 0.6) is 0 Å². The van der Waals surface area contributed by atoms with E-state index >= 15 is 0 Å². The molecule has 0 saturated carbocycles. The molecule has 0 heterocycles. The average molecular weight is 280 g/mol. The van der Waals surface area contributed by atoms with E-state index < -0.39 is 29.1 Å². The predicted octanol–water partition coefficient (Wildman–Crippen LogP) is 3.04. The van der Waals surface area contributed by atoms with Crippen molar-refractivity contribution in [2.24, 2.45) is 0 Å². The number of halogens is 4. The highest BCUT2D eigenvalue weighted by Crippen LogP contribution is 2.30. The Labute approximate surface area is 107 Å². The molecule has 0 fully saturated rings. The number of benzene rings is 1. The summed E-state index contributed by atoms with van der Waals surface area (Å²) in [6, 6.07) is 1.58. The number of ether oxygens (including phenoxy) is 2. The zero-order valence-electron chi connectivity index (χ0n) is 10.1. The first-order valence-electron chi connectivity index (χ1n) is 5.48. The molecule has 0 N–H and O–H groups in total. The van der Waals surface area contributed by atoms with Gasteiger partial charge in [-0.25, -0.2) is 9.18 Å². The number of rotatable bonds is 5. The van der Waals surface area contributed by atoms with Crippen LogP contribution in [-0.4, -0.2) is 25.8 Å². The SMILES string of the molecule is CCOCCOC(=O)c1cc(C(F)(F)F)ccc1F. The summed E-state index contributed by atoms with van der Waals surface area (Å²) in [4.78, 5) is 11.4. The van der Waals surface area contributed by atoms with Gasteiger partial charge in [-0.2, -0.15) is 13.2 Å². The van der Waals surface area contributed by atoms with Crippen LogP contribution in [0.3, 0.4) is 0 Å². The molecular formula is C12H12F4O3. The summed E-state index contributed by atoms with van der Waals surface area (Å²) in [5.74, 6) is -2.21. The molecule has 19 heavy (non-hydrogen) atoms. The molecule has 3 nitrogen and oxygen atoms in total. The molecule has 0 aromatic heterocycles. The molecule has 0 spiro atoms. The zero-order valence-corrected chi connectivity index (χ0v) is 10.1. The standard InChI is InChI=1S/C12H12F4O3/c1-2-18-5-6-19-11(17)9-7-8(12(14,15)16)3-4-10(9)13/h3-4,7H,2,5-6H2,1H3. The van der Waals surface area contributed by atoms with Crippen molar-refractivity contribution in [3.8, 4) is 0 Å². The molecule has 0 saturated heterocycles. The Morgan fingerprint density at radius 3 is 2.53 bits per heavy atom. The quantitative estimate of drug-likeness (QED) is 0.472. The number of alkyl halides is 3. The second-order valence-electron chi connectivity index (χ2n) is 3.53. The van der Waals surface area contributed by atoms with Gasteiger partial charge >= 0.3 is 12.1 Å². The van der Waals surface area contributed by atoms with Crippen LogP contribution < -0.4 is 0 Å². The Balaban J connectivity index is 2.78. The van der Waals surface area contributed by atoms with E-state index in [4.69, 9.17) is 4.74 Å². The van der Waals surface area contributed by atoms with Crippen LogP contribution in [0.25, 0.3) is 0 Å². The summed E-state index contributed by atoms with van der Waals surface area (Å²) in [6.07, 6.45) is -4.64. The van der Waals surface area contributed by atoms with Crippen molar-refractivity contribution in [1.29, 1.82) is 0 Å². The first-order chi connectivity index (χ1) is 8.86. The highest BCUT2D eigenvalue weighted by atomic mass is 19.4. The molecule has 0 aliphatic carbocycles. The Bertz CT molecular complexity index is 443. The Kier molecular flexibility index (Phi) is 5.29. The summed E-state index contributed by atoms with van der Waals surface area (Å²) in [7, 11) is 0. The molecule has 1 aromatic carbocycles. The molecule has 1 aromatic rings. The maximum absolute atomic E-state index is 13.3. The van der Waals surface area contributed by atoms with Crippen molar-refractivity contribution in [3.63, 3.8) is 0 Å². The van der Waals surface area contributed by atoms with Crippen molar-refractivity contribution < 1.29 is 31.8 Å². The van der Waals surface area contributed by atoms with E-state index in [-0.39, 0.29) is 13.2 Å². The Morgan fingerprint density at radius 2 is 1.95 bits per heavy atom. The molecule has 106 valence electrons. The van der Waals surface area contributed by atoms with Crippen molar-refractivity contribution in [2.45, 2.75) is 13.1 Å². The second-order valence-corrected chi connectivity index (χ2v) is 3.53. The molecule has 0 bridgehead atoms. The van der Waals surface area contributed by atoms with Gasteiger partial charge in [-0.1, -0.05) is 0 Å². The second kappa shape index (κ2) is 6.51. The van der Waals surface area contributed by atoms with E-state index in [0.717, 1.165) is 0 Å². The topological polar surface area (TPSA) is 35.5 Å². The van der Waals surface area contributed by atoms with E-state index in [1.54, 1.807) is 6.92 Å². The summed E-state index contributed by atoms with van der Waals surface area (Å²) in [5, 5.41) is 0. The van der Waals surface area contributed by atoms with E-state index in [2.05, 4.69) is 4.74 Å². The van der Waals surface area contributed by atoms with Gasteiger partial charge in [0.2, 0.25) is 0 Å². The number of esters is 1. The van der Waals surface area contributed by atoms with Gasteiger partial charge in [0.1, 0.15) is 12.4 Å². The minimum absolute atomic E-state index is 0.100. The van der Waals surface area contributed by atoms with Gasteiger partial charge in [0, 0.05) is 6.61 Å². The molecule has 0 aliphatic rings. The number of carbonyl (C=O) groups excluding carboxylic acids is 1. The highest BCUT2D eigenvalue weighted by molar-refractivity contribution is 5.90. The van der Waals surface area contributed by atoms with E-state index in [1.165, 1.54) is 0 Å². The van der Waals surface area contributed by atoms with E-state index in [9.17, 15) is 22.4 Å². The molecule has 7 heteroatoms. The highest BCUT2D eigenvalue weighted by Gasteiger charge is 2.32. The molecular weight excluding hydrogens is 268 g/mol. The maximum Gasteiger partial charge on any atom is 0.416 e. The lowest BCUT2D eigenvalue weighted by Gasteiger charge is -2.09. The van der Waals surface area contributed by atoms with Crippen LogP contribution in [0.15, 0.2) is 18.2 Å². The van der Waals surface area contributed by atoms with Gasteiger partial charge in [-0.3, -0.25) is 0 Å². The van der Waals surface area contributed by atoms with Crippen LogP contribution in [0.2, 0.25) is 0 Å². The van der Waals surface area contributed by atoms with Gasteiger partial charge in [-0.15, -0.1) is 0 Å². The first kappa shape index (κ1) is 15.4. The number of carbonyl (C=O) groups is 1. The lowest BCUT2D eigenvalue weighted by Crippen LogP contribution is -2.14. The lowest BCUT2D eigenvalue weighted by molar-refractivity contribution is -0.137. The van der Waals surface area contributed by atoms with Crippen molar-refractivity contribution in [3.05, 3.63) is 35.1 Å². The van der Waals surface area contributed by atoms with E-state index in [0.29, 0.717) is 24.8 Å². The van der Waals surface area contributed by atoms with Gasteiger partial charge < -0.3 is 9.47 Å². The van der Waals surface area contributed by atoms with Gasteiger partial charge in [0.15, 0.2) is 0 Å². The Morgan fingerprint density at radius 1 is 1.26 bits per heavy atom. The fourth-order valence-electron chi connectivity index (χ4n) is 1.27. The predicted molar refractivity (Wildman–Crippen MR) is 58.2 cm³/mol. The Hall–Kier alpha value is -1.63. The van der Waals surface area contributed by atoms with Crippen LogP contribution in [0.4, 0.5) is 17.6 Å². The molecule has 0 atom stereocenters. The monoisotopic (exact) mass is 280 g/mol. The number of hydrogen-bond acceptors (Lipinski definition) is 3. The zero-order chi connectivity index (χ0) is 14.5. The van der Waals surface area contributed by atoms with Gasteiger partial charge in [0.25, 0.3) is 0 Å². The maximum atomic E-state index is 13.3. The van der Waals surface area contributed by atoms with Crippen LogP contribution >= 0.6 is 0 Å². The van der Waals surface area contributed by atoms with Gasteiger partial charge in [0.05, 0.1) is 17.7 Å². The van der Waals surface area contributed by atoms with Crippen LogP contribution in [-0.2, 0) is 15.7 Å². The summed E-state index contributed by atoms with van der Waals surface area (Å²) in [5.41, 5.74) is -1.85. The fourth-order valence-corrected chi connectivity index (χ4v) is 1.27. The molecule has 0 amide bonds. The minimum Gasteiger partial charge on any atom is -0.460 e. The summed E-state index contributed by atoms with van der Waals surface area (Å²) >= 11 is 0. The van der Waals surface area contributed by atoms with Crippen molar-refractivity contribution in [1.82, 2.24) is 0 Å². The van der Waals surface area contributed by atoms with Crippen LogP contribution in [0.1, 0.15) is 22.8 Å². The first-order valence-corrected chi connectivity index (χ1v) is 5.48. The van der Waals surface area contributed by atoms with Gasteiger partial charge in [-0.05, 0) is 25.1 Å². The van der Waals surface area contributed by atoms with Crippen molar-refractivity contribution >= 4 is 5.97 Å². The third-order valence-electron chi connectivity index (χ3n) is 2.18. The third-order valence-corrected chi connectivity index (χ3v) is 2.18. The van der Waals surface area contributed by atoms with E-state index in [1.807, 2.05) is 0 Å². The smallest absolute Gasteiger partial charge is 0.416 e.